The van der Waals surface area contributed by atoms with Crippen molar-refractivity contribution >= 4 is 11.7 Å². The molecular formula is C18H21F3N4O3. The third-order valence-corrected chi connectivity index (χ3v) is 4.59. The number of benzene rings is 1. The molecule has 1 aliphatic rings. The van der Waals surface area contributed by atoms with Crippen LogP contribution in [0.25, 0.3) is 0 Å². The van der Waals surface area contributed by atoms with Crippen LogP contribution in [0.4, 0.5) is 19.0 Å². The molecule has 1 aromatic heterocycles. The van der Waals surface area contributed by atoms with Crippen molar-refractivity contribution in [2.45, 2.75) is 24.7 Å². The molecule has 10 heteroatoms. The van der Waals surface area contributed by atoms with Gasteiger partial charge in [-0.25, -0.2) is 4.68 Å². The van der Waals surface area contributed by atoms with Gasteiger partial charge in [0.05, 0.1) is 26.0 Å². The number of halogens is 3. The Balaban J connectivity index is 1.92. The molecule has 0 fully saturated rings. The standard InChI is InChI=1S/C18H21F3N4O3/c1-27-8-7-22-17(26)13-10-23-25-15(18(19,20)21)9-14(24-16(13)25)11-3-5-12(28-2)6-4-11/h3-6,10,14-15,24H,7-9H2,1-2H3,(H,22,26). The van der Waals surface area contributed by atoms with Crippen molar-refractivity contribution in [3.8, 4) is 5.75 Å². The van der Waals surface area contributed by atoms with Crippen LogP contribution in [0.5, 0.6) is 5.75 Å². The fourth-order valence-electron chi connectivity index (χ4n) is 3.15. The van der Waals surface area contributed by atoms with Gasteiger partial charge in [-0.3, -0.25) is 4.79 Å². The highest BCUT2D eigenvalue weighted by molar-refractivity contribution is 5.98. The normalized spacial score (nSPS) is 18.9. The molecule has 0 saturated heterocycles. The molecule has 3 rings (SSSR count). The van der Waals surface area contributed by atoms with Gasteiger partial charge in [0.2, 0.25) is 0 Å². The van der Waals surface area contributed by atoms with Gasteiger partial charge in [0.1, 0.15) is 17.1 Å². The lowest BCUT2D eigenvalue weighted by Crippen LogP contribution is -2.36. The second-order valence-electron chi connectivity index (χ2n) is 6.36. The summed E-state index contributed by atoms with van der Waals surface area (Å²) >= 11 is 0. The summed E-state index contributed by atoms with van der Waals surface area (Å²) in [7, 11) is 3.00. The molecule has 28 heavy (non-hydrogen) atoms. The van der Waals surface area contributed by atoms with E-state index in [2.05, 4.69) is 15.7 Å². The number of carbonyl (C=O) groups excluding carboxylic acids is 1. The number of methoxy groups -OCH3 is 2. The van der Waals surface area contributed by atoms with Crippen LogP contribution >= 0.6 is 0 Å². The van der Waals surface area contributed by atoms with Crippen LogP contribution in [0, 0.1) is 0 Å². The summed E-state index contributed by atoms with van der Waals surface area (Å²) in [6.07, 6.45) is -3.59. The van der Waals surface area contributed by atoms with Gasteiger partial charge < -0.3 is 20.1 Å². The Labute approximate surface area is 159 Å². The van der Waals surface area contributed by atoms with Crippen molar-refractivity contribution in [1.82, 2.24) is 15.1 Å². The van der Waals surface area contributed by atoms with E-state index in [0.717, 1.165) is 10.9 Å². The summed E-state index contributed by atoms with van der Waals surface area (Å²) in [5.74, 6) is 0.140. The van der Waals surface area contributed by atoms with Gasteiger partial charge in [-0.2, -0.15) is 18.3 Å². The molecule has 2 heterocycles. The molecule has 2 N–H and O–H groups in total. The highest BCUT2D eigenvalue weighted by Crippen LogP contribution is 2.44. The molecule has 0 saturated carbocycles. The predicted octanol–water partition coefficient (Wildman–Crippen LogP) is 2.93. The zero-order chi connectivity index (χ0) is 20.3. The number of nitrogens with one attached hydrogen (secondary N) is 2. The highest BCUT2D eigenvalue weighted by atomic mass is 19.4. The second-order valence-corrected chi connectivity index (χ2v) is 6.36. The van der Waals surface area contributed by atoms with Crippen molar-refractivity contribution in [3.63, 3.8) is 0 Å². The lowest BCUT2D eigenvalue weighted by atomic mass is 9.96. The van der Waals surface area contributed by atoms with E-state index in [1.807, 2.05) is 0 Å². The molecule has 0 aliphatic carbocycles. The van der Waals surface area contributed by atoms with Gasteiger partial charge in [-0.05, 0) is 17.7 Å². The largest absolute Gasteiger partial charge is 0.497 e. The maximum absolute atomic E-state index is 13.7. The Morgan fingerprint density at radius 2 is 2.04 bits per heavy atom. The molecule has 1 amide bonds. The number of rotatable bonds is 6. The number of fused-ring (bicyclic) bond motifs is 1. The number of hydrogen-bond acceptors (Lipinski definition) is 5. The topological polar surface area (TPSA) is 77.4 Å². The van der Waals surface area contributed by atoms with Crippen LogP contribution in [-0.4, -0.2) is 49.2 Å². The summed E-state index contributed by atoms with van der Waals surface area (Å²) in [6.45, 7) is 0.535. The first-order valence-corrected chi connectivity index (χ1v) is 8.67. The van der Waals surface area contributed by atoms with Gasteiger partial charge in [0.15, 0.2) is 6.04 Å². The smallest absolute Gasteiger partial charge is 0.410 e. The van der Waals surface area contributed by atoms with Crippen LogP contribution in [0.2, 0.25) is 0 Å². The molecule has 2 unspecified atom stereocenters. The van der Waals surface area contributed by atoms with Gasteiger partial charge >= 0.3 is 6.18 Å². The predicted molar refractivity (Wildman–Crippen MR) is 95.5 cm³/mol. The SMILES string of the molecule is COCCNC(=O)c1cnn2c1NC(c1ccc(OC)cc1)CC2C(F)(F)F. The summed E-state index contributed by atoms with van der Waals surface area (Å²) < 4.78 is 51.8. The third kappa shape index (κ3) is 4.06. The van der Waals surface area contributed by atoms with Crippen LogP contribution in [-0.2, 0) is 4.74 Å². The maximum Gasteiger partial charge on any atom is 0.410 e. The Morgan fingerprint density at radius 1 is 1.32 bits per heavy atom. The number of ether oxygens (including phenoxy) is 2. The Kier molecular flexibility index (Phi) is 5.78. The fourth-order valence-corrected chi connectivity index (χ4v) is 3.15. The minimum Gasteiger partial charge on any atom is -0.497 e. The first-order chi connectivity index (χ1) is 13.3. The molecule has 1 aromatic carbocycles. The van der Waals surface area contributed by atoms with E-state index in [1.54, 1.807) is 24.3 Å². The lowest BCUT2D eigenvalue weighted by Gasteiger charge is -2.34. The Hall–Kier alpha value is -2.75. The Morgan fingerprint density at radius 3 is 2.64 bits per heavy atom. The molecule has 0 bridgehead atoms. The number of carbonyl (C=O) groups is 1. The van der Waals surface area contributed by atoms with Crippen LogP contribution in [0.1, 0.15) is 34.4 Å². The second kappa shape index (κ2) is 8.09. The van der Waals surface area contributed by atoms with Gasteiger partial charge in [-0.1, -0.05) is 12.1 Å². The number of aromatic nitrogens is 2. The average molecular weight is 398 g/mol. The summed E-state index contributed by atoms with van der Waals surface area (Å²) in [5.41, 5.74) is 0.719. The molecular weight excluding hydrogens is 377 g/mol. The van der Waals surface area contributed by atoms with Crippen molar-refractivity contribution in [3.05, 3.63) is 41.6 Å². The fraction of sp³-hybridized carbons (Fsp3) is 0.444. The monoisotopic (exact) mass is 398 g/mol. The Bertz CT molecular complexity index is 820. The van der Waals surface area contributed by atoms with Crippen molar-refractivity contribution in [2.75, 3.05) is 32.7 Å². The van der Waals surface area contributed by atoms with Gasteiger partial charge in [-0.15, -0.1) is 0 Å². The zero-order valence-corrected chi connectivity index (χ0v) is 15.4. The summed E-state index contributed by atoms with van der Waals surface area (Å²) in [6, 6.07) is 4.31. The lowest BCUT2D eigenvalue weighted by molar-refractivity contribution is -0.173. The van der Waals surface area contributed by atoms with E-state index in [4.69, 9.17) is 9.47 Å². The van der Waals surface area contributed by atoms with Crippen LogP contribution in [0.15, 0.2) is 30.5 Å². The van der Waals surface area contributed by atoms with Crippen molar-refractivity contribution in [2.24, 2.45) is 0 Å². The first-order valence-electron chi connectivity index (χ1n) is 8.67. The average Bonchev–Trinajstić information content (AvgIpc) is 3.10. The molecule has 2 atom stereocenters. The maximum atomic E-state index is 13.7. The summed E-state index contributed by atoms with van der Waals surface area (Å²) in [4.78, 5) is 12.4. The van der Waals surface area contributed by atoms with E-state index in [0.29, 0.717) is 17.9 Å². The summed E-state index contributed by atoms with van der Waals surface area (Å²) in [5, 5.41) is 9.48. The molecule has 7 nitrogen and oxygen atoms in total. The molecule has 1 aliphatic heterocycles. The van der Waals surface area contributed by atoms with Crippen LogP contribution in [0.3, 0.4) is 0 Å². The number of amides is 1. The number of nitrogens with zero attached hydrogens (tertiary/aromatic N) is 2. The van der Waals surface area contributed by atoms with E-state index in [-0.39, 0.29) is 24.3 Å². The number of alkyl halides is 3. The minimum absolute atomic E-state index is 0.0457. The van der Waals surface area contributed by atoms with Crippen molar-refractivity contribution < 1.29 is 27.4 Å². The zero-order valence-electron chi connectivity index (χ0n) is 15.4. The van der Waals surface area contributed by atoms with E-state index in [1.165, 1.54) is 14.2 Å². The van der Waals surface area contributed by atoms with Gasteiger partial charge in [0.25, 0.3) is 5.91 Å². The number of hydrogen-bond donors (Lipinski definition) is 2. The first kappa shape index (κ1) is 20.0. The quantitative estimate of drug-likeness (QED) is 0.732. The molecule has 2 aromatic rings. The molecule has 152 valence electrons. The minimum atomic E-state index is -4.50. The van der Waals surface area contributed by atoms with Gasteiger partial charge in [0, 0.05) is 20.1 Å². The highest BCUT2D eigenvalue weighted by Gasteiger charge is 2.47. The van der Waals surface area contributed by atoms with E-state index in [9.17, 15) is 18.0 Å². The van der Waals surface area contributed by atoms with E-state index < -0.39 is 24.2 Å². The molecule has 0 radical (unpaired) electrons. The number of anilines is 1. The third-order valence-electron chi connectivity index (χ3n) is 4.59. The van der Waals surface area contributed by atoms with E-state index >= 15 is 0 Å². The molecule has 0 spiro atoms. The van der Waals surface area contributed by atoms with Crippen molar-refractivity contribution in [1.29, 1.82) is 0 Å². The van der Waals surface area contributed by atoms with Crippen LogP contribution < -0.4 is 15.4 Å².